The van der Waals surface area contributed by atoms with Crippen molar-refractivity contribution in [1.82, 2.24) is 4.72 Å². The van der Waals surface area contributed by atoms with Crippen molar-refractivity contribution in [1.29, 1.82) is 0 Å². The van der Waals surface area contributed by atoms with E-state index in [4.69, 9.17) is 5.11 Å². The molecule has 2 aromatic heterocycles. The van der Waals surface area contributed by atoms with E-state index in [0.29, 0.717) is 16.2 Å². The van der Waals surface area contributed by atoms with Gasteiger partial charge in [0, 0.05) is 14.6 Å². The summed E-state index contributed by atoms with van der Waals surface area (Å²) in [5.74, 6) is 0. The third-order valence-electron chi connectivity index (χ3n) is 2.96. The van der Waals surface area contributed by atoms with Gasteiger partial charge < -0.3 is 5.11 Å². The average Bonchev–Trinajstić information content (AvgIpc) is 3.05. The lowest BCUT2D eigenvalue weighted by molar-refractivity contribution is 0.285. The Morgan fingerprint density at radius 1 is 1.45 bits per heavy atom. The molecule has 0 spiro atoms. The minimum atomic E-state index is -3.56. The summed E-state index contributed by atoms with van der Waals surface area (Å²) in [6.07, 6.45) is 0.690. The van der Waals surface area contributed by atoms with Crippen molar-refractivity contribution in [2.75, 3.05) is 0 Å². The Morgan fingerprint density at radius 3 is 2.70 bits per heavy atom. The van der Waals surface area contributed by atoms with Gasteiger partial charge in [-0.25, -0.2) is 13.1 Å². The van der Waals surface area contributed by atoms with Crippen molar-refractivity contribution in [2.24, 2.45) is 0 Å². The first-order valence-corrected chi connectivity index (χ1v) is 9.41. The summed E-state index contributed by atoms with van der Waals surface area (Å²) in [7, 11) is -3.56. The number of sulfonamides is 1. The van der Waals surface area contributed by atoms with Crippen LogP contribution in [0.25, 0.3) is 0 Å². The van der Waals surface area contributed by atoms with Gasteiger partial charge in [0.15, 0.2) is 0 Å². The van der Waals surface area contributed by atoms with E-state index in [0.717, 1.165) is 4.88 Å². The van der Waals surface area contributed by atoms with Gasteiger partial charge in [-0.2, -0.15) is 0 Å². The first-order valence-electron chi connectivity index (χ1n) is 6.23. The van der Waals surface area contributed by atoms with Crippen molar-refractivity contribution < 1.29 is 13.5 Å². The number of aliphatic hydroxyl groups excluding tert-OH is 1. The summed E-state index contributed by atoms with van der Waals surface area (Å²) in [5.41, 5.74) is 0. The molecule has 0 amide bonds. The normalized spacial score (nSPS) is 13.6. The third kappa shape index (κ3) is 3.29. The van der Waals surface area contributed by atoms with Crippen LogP contribution in [0.1, 0.15) is 34.0 Å². The van der Waals surface area contributed by atoms with Crippen molar-refractivity contribution in [3.63, 3.8) is 0 Å². The van der Waals surface area contributed by atoms with Crippen LogP contribution in [0.3, 0.4) is 0 Å². The van der Waals surface area contributed by atoms with E-state index in [1.165, 1.54) is 11.3 Å². The molecule has 0 bridgehead atoms. The quantitative estimate of drug-likeness (QED) is 0.855. The molecule has 2 rings (SSSR count). The molecule has 0 aliphatic rings. The minimum absolute atomic E-state index is 0.136. The van der Waals surface area contributed by atoms with Gasteiger partial charge in [-0.05, 0) is 30.9 Å². The molecule has 2 aromatic rings. The molecule has 2 N–H and O–H groups in total. The first kappa shape index (κ1) is 15.7. The Hall–Kier alpha value is -0.730. The Bertz CT molecular complexity index is 659. The summed E-state index contributed by atoms with van der Waals surface area (Å²) in [6.45, 7) is 3.57. The van der Waals surface area contributed by atoms with Crippen molar-refractivity contribution in [3.8, 4) is 0 Å². The van der Waals surface area contributed by atoms with Crippen LogP contribution in [0.15, 0.2) is 28.5 Å². The van der Waals surface area contributed by atoms with Crippen LogP contribution in [0, 0.1) is 6.92 Å². The molecular formula is C13H17NO3S3. The zero-order valence-electron chi connectivity index (χ0n) is 11.3. The summed E-state index contributed by atoms with van der Waals surface area (Å²) >= 11 is 2.85. The highest BCUT2D eigenvalue weighted by atomic mass is 32.2. The number of thiophene rings is 2. The molecule has 0 saturated carbocycles. The second kappa shape index (κ2) is 6.36. The molecule has 0 fully saturated rings. The molecule has 4 nitrogen and oxygen atoms in total. The van der Waals surface area contributed by atoms with E-state index < -0.39 is 10.0 Å². The summed E-state index contributed by atoms with van der Waals surface area (Å²) in [6, 6.07) is 5.18. The fourth-order valence-electron chi connectivity index (χ4n) is 1.95. The molecule has 2 heterocycles. The van der Waals surface area contributed by atoms with Crippen molar-refractivity contribution in [3.05, 3.63) is 38.2 Å². The van der Waals surface area contributed by atoms with Gasteiger partial charge in [0.05, 0.1) is 17.5 Å². The minimum Gasteiger partial charge on any atom is -0.391 e. The largest absolute Gasteiger partial charge is 0.391 e. The van der Waals surface area contributed by atoms with Crippen LogP contribution in [0.2, 0.25) is 0 Å². The maximum absolute atomic E-state index is 12.5. The first-order chi connectivity index (χ1) is 9.47. The van der Waals surface area contributed by atoms with Crippen LogP contribution < -0.4 is 4.72 Å². The predicted octanol–water partition coefficient (Wildman–Crippen LogP) is 3.04. The van der Waals surface area contributed by atoms with Crippen LogP contribution in [0.4, 0.5) is 0 Å². The lowest BCUT2D eigenvalue weighted by Crippen LogP contribution is -2.28. The van der Waals surface area contributed by atoms with Gasteiger partial charge in [-0.15, -0.1) is 22.7 Å². The zero-order valence-corrected chi connectivity index (χ0v) is 13.7. The number of aliphatic hydroxyl groups is 1. The van der Waals surface area contributed by atoms with E-state index in [1.54, 1.807) is 24.3 Å². The van der Waals surface area contributed by atoms with Gasteiger partial charge >= 0.3 is 0 Å². The van der Waals surface area contributed by atoms with E-state index in [2.05, 4.69) is 4.72 Å². The Kier molecular flexibility index (Phi) is 4.98. The molecule has 0 saturated heterocycles. The molecule has 0 radical (unpaired) electrons. The summed E-state index contributed by atoms with van der Waals surface area (Å²) < 4.78 is 27.7. The summed E-state index contributed by atoms with van der Waals surface area (Å²) in [5, 5.41) is 11.1. The number of hydrogen-bond acceptors (Lipinski definition) is 5. The molecule has 0 aromatic carbocycles. The molecule has 110 valence electrons. The predicted molar refractivity (Wildman–Crippen MR) is 82.7 cm³/mol. The maximum Gasteiger partial charge on any atom is 0.242 e. The third-order valence-corrected chi connectivity index (χ3v) is 6.71. The Labute approximate surface area is 127 Å². The SMILES string of the molecule is CCC(NS(=O)(=O)c1cc(CO)sc1C)c1cccs1. The Balaban J connectivity index is 2.28. The van der Waals surface area contributed by atoms with Crippen LogP contribution in [-0.4, -0.2) is 13.5 Å². The van der Waals surface area contributed by atoms with Crippen molar-refractivity contribution in [2.45, 2.75) is 37.8 Å². The molecule has 7 heteroatoms. The second-order valence-corrected chi connectivity index (χ2v) is 8.39. The fraction of sp³-hybridized carbons (Fsp3) is 0.385. The molecule has 0 aliphatic carbocycles. The van der Waals surface area contributed by atoms with Crippen LogP contribution in [0.5, 0.6) is 0 Å². The van der Waals surface area contributed by atoms with Gasteiger partial charge in [0.25, 0.3) is 0 Å². The highest BCUT2D eigenvalue weighted by Gasteiger charge is 2.24. The monoisotopic (exact) mass is 331 g/mol. The summed E-state index contributed by atoms with van der Waals surface area (Å²) in [4.78, 5) is 2.63. The van der Waals surface area contributed by atoms with Gasteiger partial charge in [0.2, 0.25) is 10.0 Å². The second-order valence-electron chi connectivity index (χ2n) is 4.39. The van der Waals surface area contributed by atoms with E-state index in [-0.39, 0.29) is 17.5 Å². The number of nitrogens with one attached hydrogen (secondary N) is 1. The molecule has 20 heavy (non-hydrogen) atoms. The van der Waals surface area contributed by atoms with Crippen LogP contribution >= 0.6 is 22.7 Å². The lowest BCUT2D eigenvalue weighted by atomic mass is 10.2. The van der Waals surface area contributed by atoms with Gasteiger partial charge in [-0.3, -0.25) is 0 Å². The van der Waals surface area contributed by atoms with Crippen LogP contribution in [-0.2, 0) is 16.6 Å². The molecule has 0 aliphatic heterocycles. The number of aryl methyl sites for hydroxylation is 1. The average molecular weight is 331 g/mol. The lowest BCUT2D eigenvalue weighted by Gasteiger charge is -2.15. The Morgan fingerprint density at radius 2 is 2.20 bits per heavy atom. The number of rotatable bonds is 6. The number of hydrogen-bond donors (Lipinski definition) is 2. The highest BCUT2D eigenvalue weighted by molar-refractivity contribution is 7.89. The van der Waals surface area contributed by atoms with E-state index in [1.807, 2.05) is 24.4 Å². The maximum atomic E-state index is 12.5. The standard InChI is InChI=1S/C13H17NO3S3/c1-3-11(12-5-4-6-18-12)14-20(16,17)13-7-10(8-15)19-9(13)2/h4-7,11,14-15H,3,8H2,1-2H3. The molecular weight excluding hydrogens is 314 g/mol. The molecule has 1 unspecified atom stereocenters. The fourth-order valence-corrected chi connectivity index (χ4v) is 5.68. The molecule has 1 atom stereocenters. The van der Waals surface area contributed by atoms with Crippen molar-refractivity contribution >= 4 is 32.7 Å². The van der Waals surface area contributed by atoms with Gasteiger partial charge in [-0.1, -0.05) is 13.0 Å². The topological polar surface area (TPSA) is 66.4 Å². The van der Waals surface area contributed by atoms with E-state index in [9.17, 15) is 8.42 Å². The van der Waals surface area contributed by atoms with E-state index >= 15 is 0 Å². The zero-order chi connectivity index (χ0) is 14.8. The highest BCUT2D eigenvalue weighted by Crippen LogP contribution is 2.29. The van der Waals surface area contributed by atoms with Gasteiger partial charge in [0.1, 0.15) is 0 Å². The smallest absolute Gasteiger partial charge is 0.242 e.